The number of anilines is 1. The Morgan fingerprint density at radius 2 is 1.77 bits per heavy atom. The summed E-state index contributed by atoms with van der Waals surface area (Å²) in [5.74, 6) is 0.259. The van der Waals surface area contributed by atoms with E-state index < -0.39 is 5.92 Å². The number of halogens is 1. The average Bonchev–Trinajstić information content (AvgIpc) is 2.88. The summed E-state index contributed by atoms with van der Waals surface area (Å²) in [6.45, 7) is 0. The Bertz CT molecular complexity index is 1360. The molecule has 1 aliphatic heterocycles. The largest absolute Gasteiger partial charge is 0.507 e. The number of ketones is 1. The van der Waals surface area contributed by atoms with E-state index in [0.717, 1.165) is 11.3 Å². The number of Topliss-reactive ketones (excluding diaryl/α,β-unsaturated/α-hetero) is 1. The lowest BCUT2D eigenvalue weighted by atomic mass is 9.73. The van der Waals surface area contributed by atoms with Gasteiger partial charge in [0.2, 0.25) is 0 Å². The van der Waals surface area contributed by atoms with Gasteiger partial charge in [-0.05, 0) is 48.7 Å². The molecule has 5 rings (SSSR count). The quantitative estimate of drug-likeness (QED) is 0.395. The molecule has 0 saturated heterocycles. The molecule has 3 aromatic rings. The number of ether oxygens (including phenoxy) is 1. The predicted molar refractivity (Wildman–Crippen MR) is 139 cm³/mol. The third kappa shape index (κ3) is 4.13. The number of benzene rings is 3. The number of allylic oxidation sites excluding steroid dienone is 2. The number of aliphatic hydroxyl groups is 1. The number of carbonyl (C=O) groups excluding carboxylic acids is 1. The van der Waals surface area contributed by atoms with Crippen molar-refractivity contribution in [2.24, 2.45) is 0 Å². The van der Waals surface area contributed by atoms with E-state index in [1.165, 1.54) is 0 Å². The molecule has 176 valence electrons. The zero-order valence-corrected chi connectivity index (χ0v) is 20.0. The number of amidine groups is 1. The number of nitrogens with one attached hydrogen (secondary N) is 1. The number of nitrogens with zero attached hydrogens (tertiary/aromatic N) is 1. The molecule has 6 heteroatoms. The summed E-state index contributed by atoms with van der Waals surface area (Å²) in [5, 5.41) is 21.4. The standard InChI is InChI=1S/C29H25ClN2O3/c1-35-22-15-13-18(14-16-22)25-26-23(11-6-12-24(26)33)32(21-10-5-9-20(30)17-21)29(31)27(25)28(34)19-7-3-2-4-8-19/h2-5,7-10,13-17,25,31,34H,6,11-12H2,1H3/t25-/m1/s1. The van der Waals surface area contributed by atoms with Gasteiger partial charge in [0.05, 0.1) is 7.11 Å². The number of aliphatic hydroxyl groups excluding tert-OH is 1. The van der Waals surface area contributed by atoms with E-state index in [1.54, 1.807) is 36.3 Å². The first-order valence-corrected chi connectivity index (χ1v) is 11.9. The van der Waals surface area contributed by atoms with Gasteiger partial charge in [0, 0.05) is 45.5 Å². The summed E-state index contributed by atoms with van der Waals surface area (Å²) >= 11 is 6.31. The number of hydrogen-bond donors (Lipinski definition) is 2. The fourth-order valence-electron chi connectivity index (χ4n) is 4.97. The zero-order chi connectivity index (χ0) is 24.5. The molecule has 2 aliphatic rings. The van der Waals surface area contributed by atoms with Crippen molar-refractivity contribution in [1.82, 2.24) is 0 Å². The summed E-state index contributed by atoms with van der Waals surface area (Å²) in [5.41, 5.74) is 3.89. The Labute approximate surface area is 209 Å². The van der Waals surface area contributed by atoms with Crippen LogP contribution in [0.4, 0.5) is 5.69 Å². The number of methoxy groups -OCH3 is 1. The minimum absolute atomic E-state index is 0.0200. The van der Waals surface area contributed by atoms with E-state index >= 15 is 0 Å². The molecule has 5 nitrogen and oxygen atoms in total. The van der Waals surface area contributed by atoms with Gasteiger partial charge in [-0.1, -0.05) is 60.1 Å². The highest BCUT2D eigenvalue weighted by Crippen LogP contribution is 2.48. The van der Waals surface area contributed by atoms with E-state index in [4.69, 9.17) is 16.3 Å². The highest BCUT2D eigenvalue weighted by Gasteiger charge is 2.43. The number of rotatable bonds is 4. The molecule has 0 spiro atoms. The molecule has 0 radical (unpaired) electrons. The molecule has 1 aliphatic carbocycles. The van der Waals surface area contributed by atoms with Gasteiger partial charge in [-0.25, -0.2) is 0 Å². The lowest BCUT2D eigenvalue weighted by molar-refractivity contribution is -0.116. The SMILES string of the molecule is COc1ccc([C@H]2C(=C(O)c3ccccc3)C(=N)N(c3cccc(Cl)c3)C3=C2C(=O)CCC3)cc1. The van der Waals surface area contributed by atoms with Crippen LogP contribution in [0.3, 0.4) is 0 Å². The van der Waals surface area contributed by atoms with Crippen molar-refractivity contribution in [3.05, 3.63) is 112 Å². The molecule has 0 amide bonds. The first-order chi connectivity index (χ1) is 17.0. The van der Waals surface area contributed by atoms with Gasteiger partial charge in [0.15, 0.2) is 5.78 Å². The topological polar surface area (TPSA) is 73.6 Å². The van der Waals surface area contributed by atoms with Crippen molar-refractivity contribution in [3.63, 3.8) is 0 Å². The van der Waals surface area contributed by atoms with E-state index in [1.807, 2.05) is 54.6 Å². The van der Waals surface area contributed by atoms with Crippen LogP contribution in [0.15, 0.2) is 95.7 Å². The molecule has 0 unspecified atom stereocenters. The Hall–Kier alpha value is -3.83. The van der Waals surface area contributed by atoms with Crippen molar-refractivity contribution < 1.29 is 14.6 Å². The lowest BCUT2D eigenvalue weighted by Gasteiger charge is -2.41. The van der Waals surface area contributed by atoms with Crippen LogP contribution in [-0.4, -0.2) is 23.8 Å². The second-order valence-electron chi connectivity index (χ2n) is 8.64. The highest BCUT2D eigenvalue weighted by atomic mass is 35.5. The smallest absolute Gasteiger partial charge is 0.161 e. The predicted octanol–water partition coefficient (Wildman–Crippen LogP) is 6.91. The second-order valence-corrected chi connectivity index (χ2v) is 9.07. The summed E-state index contributed by atoms with van der Waals surface area (Å²) in [7, 11) is 1.60. The van der Waals surface area contributed by atoms with Gasteiger partial charge >= 0.3 is 0 Å². The van der Waals surface area contributed by atoms with E-state index in [2.05, 4.69) is 0 Å². The van der Waals surface area contributed by atoms with Crippen molar-refractivity contribution >= 4 is 34.7 Å². The normalized spacial score (nSPS) is 19.5. The van der Waals surface area contributed by atoms with Crippen molar-refractivity contribution in [2.75, 3.05) is 12.0 Å². The lowest BCUT2D eigenvalue weighted by Crippen LogP contribution is -2.42. The molecular weight excluding hydrogens is 460 g/mol. The van der Waals surface area contributed by atoms with Crippen LogP contribution in [0.2, 0.25) is 5.02 Å². The zero-order valence-electron chi connectivity index (χ0n) is 19.3. The molecule has 0 aromatic heterocycles. The van der Waals surface area contributed by atoms with Crippen LogP contribution in [0, 0.1) is 5.41 Å². The molecule has 0 bridgehead atoms. The maximum atomic E-state index is 13.5. The van der Waals surface area contributed by atoms with Gasteiger partial charge in [-0.15, -0.1) is 0 Å². The highest BCUT2D eigenvalue weighted by molar-refractivity contribution is 6.31. The van der Waals surface area contributed by atoms with Crippen LogP contribution < -0.4 is 9.64 Å². The van der Waals surface area contributed by atoms with Crippen LogP contribution in [0.25, 0.3) is 5.76 Å². The third-order valence-electron chi connectivity index (χ3n) is 6.57. The molecule has 1 heterocycles. The maximum Gasteiger partial charge on any atom is 0.161 e. The van der Waals surface area contributed by atoms with Crippen LogP contribution in [0.1, 0.15) is 36.3 Å². The van der Waals surface area contributed by atoms with Crippen molar-refractivity contribution in [2.45, 2.75) is 25.2 Å². The fraction of sp³-hybridized carbons (Fsp3) is 0.172. The summed E-state index contributed by atoms with van der Waals surface area (Å²) in [4.78, 5) is 15.3. The molecule has 35 heavy (non-hydrogen) atoms. The molecule has 3 aromatic carbocycles. The van der Waals surface area contributed by atoms with Crippen LogP contribution in [0.5, 0.6) is 5.75 Å². The minimum atomic E-state index is -0.577. The summed E-state index contributed by atoms with van der Waals surface area (Å²) < 4.78 is 5.33. The second kappa shape index (κ2) is 9.43. The maximum absolute atomic E-state index is 13.5. The Balaban J connectivity index is 1.82. The summed E-state index contributed by atoms with van der Waals surface area (Å²) in [6.07, 6.45) is 1.80. The molecule has 0 fully saturated rings. The molecule has 0 saturated carbocycles. The van der Waals surface area contributed by atoms with E-state index in [0.29, 0.717) is 52.4 Å². The molecule has 1 atom stereocenters. The van der Waals surface area contributed by atoms with Gasteiger partial charge in [-0.2, -0.15) is 0 Å². The Morgan fingerprint density at radius 3 is 2.46 bits per heavy atom. The third-order valence-corrected chi connectivity index (χ3v) is 6.81. The Kier molecular flexibility index (Phi) is 6.18. The Morgan fingerprint density at radius 1 is 1.03 bits per heavy atom. The van der Waals surface area contributed by atoms with E-state index in [9.17, 15) is 15.3 Å². The first-order valence-electron chi connectivity index (χ1n) is 11.5. The molecular formula is C29H25ClN2O3. The average molecular weight is 485 g/mol. The van der Waals surface area contributed by atoms with Gasteiger partial charge in [-0.3, -0.25) is 15.1 Å². The number of carbonyl (C=O) groups is 1. The van der Waals surface area contributed by atoms with Gasteiger partial charge in [0.25, 0.3) is 0 Å². The minimum Gasteiger partial charge on any atom is -0.507 e. The van der Waals surface area contributed by atoms with Gasteiger partial charge in [0.1, 0.15) is 17.3 Å². The van der Waals surface area contributed by atoms with Crippen LogP contribution in [-0.2, 0) is 4.79 Å². The van der Waals surface area contributed by atoms with Crippen LogP contribution >= 0.6 is 11.6 Å². The number of hydrogen-bond acceptors (Lipinski definition) is 4. The van der Waals surface area contributed by atoms with Crippen molar-refractivity contribution in [1.29, 1.82) is 5.41 Å². The molecule has 2 N–H and O–H groups in total. The first kappa shape index (κ1) is 22.9. The summed E-state index contributed by atoms with van der Waals surface area (Å²) in [6, 6.07) is 23.9. The fourth-order valence-corrected chi connectivity index (χ4v) is 5.16. The van der Waals surface area contributed by atoms with Gasteiger partial charge < -0.3 is 9.84 Å². The monoisotopic (exact) mass is 484 g/mol. The van der Waals surface area contributed by atoms with Crippen molar-refractivity contribution in [3.8, 4) is 5.75 Å². The van der Waals surface area contributed by atoms with E-state index in [-0.39, 0.29) is 17.4 Å².